The van der Waals surface area contributed by atoms with Gasteiger partial charge in [-0.05, 0) is 43.3 Å². The van der Waals surface area contributed by atoms with Gasteiger partial charge in [0.25, 0.3) is 0 Å². The van der Waals surface area contributed by atoms with E-state index in [0.717, 1.165) is 19.6 Å². The van der Waals surface area contributed by atoms with Crippen LogP contribution in [0.3, 0.4) is 0 Å². The summed E-state index contributed by atoms with van der Waals surface area (Å²) in [6.45, 7) is 7.62. The summed E-state index contributed by atoms with van der Waals surface area (Å²) in [5, 5.41) is 3.41. The van der Waals surface area contributed by atoms with Gasteiger partial charge in [0.15, 0.2) is 0 Å². The number of pyridine rings is 1. The minimum absolute atomic E-state index is 0.932. The van der Waals surface area contributed by atoms with Gasteiger partial charge in [-0.2, -0.15) is 11.8 Å². The van der Waals surface area contributed by atoms with E-state index in [1.807, 2.05) is 6.20 Å². The third kappa shape index (κ3) is 5.51. The van der Waals surface area contributed by atoms with Gasteiger partial charge in [-0.3, -0.25) is 9.88 Å². The molecule has 19 heavy (non-hydrogen) atoms. The second kappa shape index (κ2) is 8.56. The van der Waals surface area contributed by atoms with Gasteiger partial charge >= 0.3 is 0 Å². The summed E-state index contributed by atoms with van der Waals surface area (Å²) >= 11 is 2.07. The number of hydrogen-bond donors (Lipinski definition) is 1. The number of aromatic nitrogens is 1. The Labute approximate surface area is 121 Å². The van der Waals surface area contributed by atoms with Crippen molar-refractivity contribution >= 4 is 11.8 Å². The van der Waals surface area contributed by atoms with Crippen LogP contribution in [0.1, 0.15) is 31.0 Å². The summed E-state index contributed by atoms with van der Waals surface area (Å²) in [5.74, 6) is 2.57. The Morgan fingerprint density at radius 2 is 2.26 bits per heavy atom. The Hall–Kier alpha value is -0.580. The van der Waals surface area contributed by atoms with Gasteiger partial charge in [-0.1, -0.05) is 13.0 Å². The monoisotopic (exact) mass is 279 g/mol. The summed E-state index contributed by atoms with van der Waals surface area (Å²) in [5.41, 5.74) is 2.48. The maximum atomic E-state index is 4.59. The lowest BCUT2D eigenvalue weighted by atomic mass is 10.2. The van der Waals surface area contributed by atoms with Crippen LogP contribution in [-0.2, 0) is 13.1 Å². The third-order valence-corrected chi connectivity index (χ3v) is 4.39. The highest BCUT2D eigenvalue weighted by Gasteiger charge is 2.10. The molecule has 0 amide bonds. The normalized spacial score (nSPS) is 17.3. The highest BCUT2D eigenvalue weighted by Crippen LogP contribution is 2.12. The Balaban J connectivity index is 1.80. The van der Waals surface area contributed by atoms with Crippen LogP contribution in [0.4, 0.5) is 0 Å². The van der Waals surface area contributed by atoms with Crippen molar-refractivity contribution in [1.82, 2.24) is 15.2 Å². The van der Waals surface area contributed by atoms with Gasteiger partial charge in [0.05, 0.1) is 5.69 Å². The number of rotatable bonds is 6. The lowest BCUT2D eigenvalue weighted by molar-refractivity contribution is 0.284. The summed E-state index contributed by atoms with van der Waals surface area (Å²) in [7, 11) is 0. The molecule has 1 N–H and O–H groups in total. The molecule has 2 rings (SSSR count). The SMILES string of the molecule is CCCNCc1ccc(CN2CCCSCC2)nc1. The molecule has 1 aromatic rings. The molecule has 0 saturated carbocycles. The zero-order valence-electron chi connectivity index (χ0n) is 11.9. The predicted molar refractivity (Wildman–Crippen MR) is 83.5 cm³/mol. The van der Waals surface area contributed by atoms with E-state index in [2.05, 4.69) is 46.0 Å². The molecule has 0 radical (unpaired) electrons. The van der Waals surface area contributed by atoms with E-state index in [0.29, 0.717) is 0 Å². The molecular weight excluding hydrogens is 254 g/mol. The summed E-state index contributed by atoms with van der Waals surface area (Å²) < 4.78 is 0. The van der Waals surface area contributed by atoms with E-state index < -0.39 is 0 Å². The molecule has 0 aliphatic carbocycles. The van der Waals surface area contributed by atoms with Crippen molar-refractivity contribution in [1.29, 1.82) is 0 Å². The molecule has 1 saturated heterocycles. The first-order valence-electron chi connectivity index (χ1n) is 7.33. The van der Waals surface area contributed by atoms with Gasteiger partial charge in [0.2, 0.25) is 0 Å². The molecule has 2 heterocycles. The van der Waals surface area contributed by atoms with Crippen molar-refractivity contribution in [3.8, 4) is 0 Å². The smallest absolute Gasteiger partial charge is 0.0544 e. The van der Waals surface area contributed by atoms with Crippen LogP contribution in [-0.4, -0.2) is 41.0 Å². The Morgan fingerprint density at radius 1 is 1.32 bits per heavy atom. The number of hydrogen-bond acceptors (Lipinski definition) is 4. The maximum absolute atomic E-state index is 4.59. The van der Waals surface area contributed by atoms with Gasteiger partial charge in [0.1, 0.15) is 0 Å². The molecule has 106 valence electrons. The molecular formula is C15H25N3S. The lowest BCUT2D eigenvalue weighted by Crippen LogP contribution is -2.25. The topological polar surface area (TPSA) is 28.2 Å². The number of thioether (sulfide) groups is 1. The lowest BCUT2D eigenvalue weighted by Gasteiger charge is -2.18. The van der Waals surface area contributed by atoms with Crippen LogP contribution in [0.25, 0.3) is 0 Å². The maximum Gasteiger partial charge on any atom is 0.0544 e. The fraction of sp³-hybridized carbons (Fsp3) is 0.667. The van der Waals surface area contributed by atoms with Crippen molar-refractivity contribution in [2.75, 3.05) is 31.1 Å². The second-order valence-corrected chi connectivity index (χ2v) is 6.30. The van der Waals surface area contributed by atoms with Gasteiger partial charge in [-0.25, -0.2) is 0 Å². The molecule has 0 aromatic carbocycles. The number of nitrogens with zero attached hydrogens (tertiary/aromatic N) is 2. The van der Waals surface area contributed by atoms with Crippen molar-refractivity contribution in [3.05, 3.63) is 29.6 Å². The van der Waals surface area contributed by atoms with E-state index in [1.54, 1.807) is 0 Å². The van der Waals surface area contributed by atoms with E-state index in [4.69, 9.17) is 0 Å². The molecule has 3 nitrogen and oxygen atoms in total. The van der Waals surface area contributed by atoms with Crippen LogP contribution >= 0.6 is 11.8 Å². The molecule has 0 bridgehead atoms. The summed E-state index contributed by atoms with van der Waals surface area (Å²) in [4.78, 5) is 7.12. The largest absolute Gasteiger partial charge is 0.313 e. The molecule has 4 heteroatoms. The van der Waals surface area contributed by atoms with Crippen molar-refractivity contribution in [3.63, 3.8) is 0 Å². The van der Waals surface area contributed by atoms with E-state index >= 15 is 0 Å². The van der Waals surface area contributed by atoms with Crippen LogP contribution in [0.2, 0.25) is 0 Å². The zero-order valence-corrected chi connectivity index (χ0v) is 12.7. The first-order valence-corrected chi connectivity index (χ1v) is 8.48. The minimum atomic E-state index is 0.932. The molecule has 0 atom stereocenters. The highest BCUT2D eigenvalue weighted by molar-refractivity contribution is 7.99. The van der Waals surface area contributed by atoms with Gasteiger partial charge < -0.3 is 5.32 Å². The average molecular weight is 279 g/mol. The molecule has 0 unspecified atom stereocenters. The molecule has 1 fully saturated rings. The van der Waals surface area contributed by atoms with Crippen molar-refractivity contribution < 1.29 is 0 Å². The molecule has 1 aliphatic rings. The Bertz CT molecular complexity index is 345. The van der Waals surface area contributed by atoms with Crippen molar-refractivity contribution in [2.45, 2.75) is 32.9 Å². The second-order valence-electron chi connectivity index (χ2n) is 5.08. The van der Waals surface area contributed by atoms with E-state index in [1.165, 1.54) is 48.7 Å². The summed E-state index contributed by atoms with van der Waals surface area (Å²) in [6.07, 6.45) is 4.51. The van der Waals surface area contributed by atoms with E-state index in [9.17, 15) is 0 Å². The Kier molecular flexibility index (Phi) is 6.68. The fourth-order valence-corrected chi connectivity index (χ4v) is 3.17. The van der Waals surface area contributed by atoms with E-state index in [-0.39, 0.29) is 0 Å². The average Bonchev–Trinajstić information content (AvgIpc) is 2.70. The first-order chi connectivity index (χ1) is 9.38. The quantitative estimate of drug-likeness (QED) is 0.810. The third-order valence-electron chi connectivity index (χ3n) is 3.34. The molecule has 0 spiro atoms. The standard InChI is InChI=1S/C15H25N3S/c1-2-6-16-11-14-4-5-15(17-12-14)13-18-7-3-9-19-10-8-18/h4-5,12,16H,2-3,6-11,13H2,1H3. The van der Waals surface area contributed by atoms with Crippen LogP contribution in [0.15, 0.2) is 18.3 Å². The minimum Gasteiger partial charge on any atom is -0.313 e. The number of nitrogens with one attached hydrogen (secondary N) is 1. The van der Waals surface area contributed by atoms with Crippen LogP contribution in [0, 0.1) is 0 Å². The molecule has 1 aliphatic heterocycles. The van der Waals surface area contributed by atoms with Crippen molar-refractivity contribution in [2.24, 2.45) is 0 Å². The van der Waals surface area contributed by atoms with Crippen LogP contribution in [0.5, 0.6) is 0 Å². The Morgan fingerprint density at radius 3 is 3.05 bits per heavy atom. The fourth-order valence-electron chi connectivity index (χ4n) is 2.25. The predicted octanol–water partition coefficient (Wildman–Crippen LogP) is 2.52. The van der Waals surface area contributed by atoms with Crippen LogP contribution < -0.4 is 5.32 Å². The highest BCUT2D eigenvalue weighted by atomic mass is 32.2. The van der Waals surface area contributed by atoms with Gasteiger partial charge in [-0.15, -0.1) is 0 Å². The van der Waals surface area contributed by atoms with Gasteiger partial charge in [0, 0.05) is 31.6 Å². The zero-order chi connectivity index (χ0) is 13.3. The first kappa shape index (κ1) is 14.8. The molecule has 1 aromatic heterocycles. The summed E-state index contributed by atoms with van der Waals surface area (Å²) in [6, 6.07) is 4.39.